The van der Waals surface area contributed by atoms with Crippen LogP contribution in [-0.4, -0.2) is 31.3 Å². The Hall–Kier alpha value is -0.120. The largest absolute Gasteiger partial charge is 0.381 e. The van der Waals surface area contributed by atoms with Crippen LogP contribution in [0.4, 0.5) is 0 Å². The highest BCUT2D eigenvalue weighted by Crippen LogP contribution is 2.28. The Kier molecular flexibility index (Phi) is 1.87. The molecule has 1 spiro atoms. The fraction of sp³-hybridized carbons (Fsp3) is 1.00. The molecular formula is C8H16N2O. The van der Waals surface area contributed by atoms with Crippen LogP contribution in [0.25, 0.3) is 0 Å². The van der Waals surface area contributed by atoms with E-state index < -0.39 is 0 Å². The number of hydrogen-bond donors (Lipinski definition) is 2. The van der Waals surface area contributed by atoms with Gasteiger partial charge in [0.05, 0.1) is 0 Å². The van der Waals surface area contributed by atoms with E-state index in [1.165, 1.54) is 0 Å². The zero-order valence-electron chi connectivity index (χ0n) is 6.81. The summed E-state index contributed by atoms with van der Waals surface area (Å²) in [6, 6.07) is 0.369. The van der Waals surface area contributed by atoms with Gasteiger partial charge in [-0.25, -0.2) is 0 Å². The fourth-order valence-electron chi connectivity index (χ4n) is 2.14. The standard InChI is InChI=1S/C8H16N2O/c9-7-5-8(10-6-7)1-3-11-4-2-8/h7,10H,1-6,9H2. The van der Waals surface area contributed by atoms with Crippen LogP contribution in [0.15, 0.2) is 0 Å². The minimum Gasteiger partial charge on any atom is -0.381 e. The first-order valence-corrected chi connectivity index (χ1v) is 4.39. The molecule has 0 bridgehead atoms. The lowest BCUT2D eigenvalue weighted by Gasteiger charge is -2.33. The molecule has 2 saturated heterocycles. The second-order valence-corrected chi connectivity index (χ2v) is 3.74. The predicted octanol–water partition coefficient (Wildman–Crippen LogP) is -0.144. The average Bonchev–Trinajstić information content (AvgIpc) is 2.34. The van der Waals surface area contributed by atoms with Gasteiger partial charge in [0, 0.05) is 31.3 Å². The van der Waals surface area contributed by atoms with E-state index in [1.54, 1.807) is 0 Å². The smallest absolute Gasteiger partial charge is 0.0483 e. The lowest BCUT2D eigenvalue weighted by Crippen LogP contribution is -2.44. The molecule has 3 heteroatoms. The van der Waals surface area contributed by atoms with E-state index in [9.17, 15) is 0 Å². The van der Waals surface area contributed by atoms with Crippen molar-refractivity contribution >= 4 is 0 Å². The first kappa shape index (κ1) is 7.53. The number of ether oxygens (including phenoxy) is 1. The Balaban J connectivity index is 1.98. The molecular weight excluding hydrogens is 140 g/mol. The third kappa shape index (κ3) is 1.41. The van der Waals surface area contributed by atoms with Gasteiger partial charge in [0.1, 0.15) is 0 Å². The molecule has 0 amide bonds. The maximum Gasteiger partial charge on any atom is 0.0483 e. The van der Waals surface area contributed by atoms with Crippen LogP contribution in [0.3, 0.4) is 0 Å². The van der Waals surface area contributed by atoms with Crippen molar-refractivity contribution in [2.45, 2.75) is 30.8 Å². The molecule has 0 radical (unpaired) electrons. The Morgan fingerprint density at radius 2 is 2.09 bits per heavy atom. The molecule has 0 aromatic heterocycles. The monoisotopic (exact) mass is 156 g/mol. The van der Waals surface area contributed by atoms with Crippen molar-refractivity contribution in [1.29, 1.82) is 0 Å². The van der Waals surface area contributed by atoms with Crippen LogP contribution in [0.1, 0.15) is 19.3 Å². The second-order valence-electron chi connectivity index (χ2n) is 3.74. The third-order valence-electron chi connectivity index (χ3n) is 2.84. The highest BCUT2D eigenvalue weighted by atomic mass is 16.5. The van der Waals surface area contributed by atoms with Gasteiger partial charge >= 0.3 is 0 Å². The molecule has 0 saturated carbocycles. The molecule has 2 fully saturated rings. The summed E-state index contributed by atoms with van der Waals surface area (Å²) in [4.78, 5) is 0. The Morgan fingerprint density at radius 3 is 2.64 bits per heavy atom. The van der Waals surface area contributed by atoms with Gasteiger partial charge < -0.3 is 15.8 Å². The van der Waals surface area contributed by atoms with Crippen LogP contribution in [0.5, 0.6) is 0 Å². The van der Waals surface area contributed by atoms with Gasteiger partial charge in [-0.05, 0) is 19.3 Å². The van der Waals surface area contributed by atoms with E-state index in [2.05, 4.69) is 5.32 Å². The maximum atomic E-state index is 5.84. The Labute approximate surface area is 67.3 Å². The van der Waals surface area contributed by atoms with Crippen LogP contribution < -0.4 is 11.1 Å². The van der Waals surface area contributed by atoms with Crippen LogP contribution in [0, 0.1) is 0 Å². The molecule has 64 valence electrons. The van der Waals surface area contributed by atoms with Crippen LogP contribution >= 0.6 is 0 Å². The van der Waals surface area contributed by atoms with Gasteiger partial charge in [0.2, 0.25) is 0 Å². The van der Waals surface area contributed by atoms with Gasteiger partial charge in [-0.2, -0.15) is 0 Å². The topological polar surface area (TPSA) is 47.3 Å². The Morgan fingerprint density at radius 1 is 1.36 bits per heavy atom. The number of rotatable bonds is 0. The number of hydrogen-bond acceptors (Lipinski definition) is 3. The van der Waals surface area contributed by atoms with Crippen molar-refractivity contribution in [2.75, 3.05) is 19.8 Å². The highest BCUT2D eigenvalue weighted by molar-refractivity contribution is 4.99. The van der Waals surface area contributed by atoms with Gasteiger partial charge in [-0.15, -0.1) is 0 Å². The fourth-order valence-corrected chi connectivity index (χ4v) is 2.14. The molecule has 2 rings (SSSR count). The first-order valence-electron chi connectivity index (χ1n) is 4.39. The normalized spacial score (nSPS) is 36.3. The molecule has 2 aliphatic rings. The first-order chi connectivity index (χ1) is 5.31. The second kappa shape index (κ2) is 2.73. The van der Waals surface area contributed by atoms with Crippen molar-refractivity contribution in [3.8, 4) is 0 Å². The van der Waals surface area contributed by atoms with Crippen molar-refractivity contribution < 1.29 is 4.74 Å². The average molecular weight is 156 g/mol. The molecule has 0 aromatic carbocycles. The summed E-state index contributed by atoms with van der Waals surface area (Å²) >= 11 is 0. The van der Waals surface area contributed by atoms with Crippen LogP contribution in [0.2, 0.25) is 0 Å². The van der Waals surface area contributed by atoms with Crippen molar-refractivity contribution in [3.63, 3.8) is 0 Å². The van der Waals surface area contributed by atoms with E-state index in [0.717, 1.165) is 39.0 Å². The molecule has 2 aliphatic heterocycles. The van der Waals surface area contributed by atoms with Gasteiger partial charge in [-0.3, -0.25) is 0 Å². The third-order valence-corrected chi connectivity index (χ3v) is 2.84. The quantitative estimate of drug-likeness (QED) is 0.513. The molecule has 3 nitrogen and oxygen atoms in total. The minimum absolute atomic E-state index is 0.345. The van der Waals surface area contributed by atoms with Crippen LogP contribution in [-0.2, 0) is 4.74 Å². The van der Waals surface area contributed by atoms with Crippen molar-refractivity contribution in [3.05, 3.63) is 0 Å². The zero-order valence-corrected chi connectivity index (χ0v) is 6.81. The number of nitrogens with one attached hydrogen (secondary N) is 1. The summed E-state index contributed by atoms with van der Waals surface area (Å²) in [5.74, 6) is 0. The zero-order chi connectivity index (χ0) is 7.73. The molecule has 0 aromatic rings. The number of nitrogens with two attached hydrogens (primary N) is 1. The summed E-state index contributed by atoms with van der Waals surface area (Å²) in [6.07, 6.45) is 3.41. The highest BCUT2D eigenvalue weighted by Gasteiger charge is 2.38. The molecule has 11 heavy (non-hydrogen) atoms. The van der Waals surface area contributed by atoms with Gasteiger partial charge in [0.25, 0.3) is 0 Å². The summed E-state index contributed by atoms with van der Waals surface area (Å²) in [5, 5.41) is 3.52. The lowest BCUT2D eigenvalue weighted by molar-refractivity contribution is 0.0454. The molecule has 3 N–H and O–H groups in total. The summed E-state index contributed by atoms with van der Waals surface area (Å²) in [7, 11) is 0. The molecule has 0 aliphatic carbocycles. The van der Waals surface area contributed by atoms with E-state index in [-0.39, 0.29) is 0 Å². The van der Waals surface area contributed by atoms with E-state index in [0.29, 0.717) is 11.6 Å². The Bertz CT molecular complexity index is 138. The lowest BCUT2D eigenvalue weighted by atomic mass is 9.88. The minimum atomic E-state index is 0.345. The summed E-state index contributed by atoms with van der Waals surface area (Å²) in [6.45, 7) is 2.79. The molecule has 1 unspecified atom stereocenters. The summed E-state index contributed by atoms with van der Waals surface area (Å²) < 4.78 is 5.31. The van der Waals surface area contributed by atoms with Gasteiger partial charge in [-0.1, -0.05) is 0 Å². The summed E-state index contributed by atoms with van der Waals surface area (Å²) in [5.41, 5.74) is 6.18. The molecule has 2 heterocycles. The SMILES string of the molecule is NC1CNC2(CCOCC2)C1. The van der Waals surface area contributed by atoms with Gasteiger partial charge in [0.15, 0.2) is 0 Å². The predicted molar refractivity (Wildman–Crippen MR) is 43.4 cm³/mol. The van der Waals surface area contributed by atoms with E-state index >= 15 is 0 Å². The van der Waals surface area contributed by atoms with Crippen molar-refractivity contribution in [1.82, 2.24) is 5.32 Å². The van der Waals surface area contributed by atoms with E-state index in [4.69, 9.17) is 10.5 Å². The van der Waals surface area contributed by atoms with Crippen molar-refractivity contribution in [2.24, 2.45) is 5.73 Å². The maximum absolute atomic E-state index is 5.84. The molecule has 1 atom stereocenters. The van der Waals surface area contributed by atoms with E-state index in [1.807, 2.05) is 0 Å².